The molecule has 1 aromatic carbocycles. The van der Waals surface area contributed by atoms with Crippen LogP contribution in [0.15, 0.2) is 12.1 Å². The van der Waals surface area contributed by atoms with E-state index in [2.05, 4.69) is 5.32 Å². The topological polar surface area (TPSA) is 55.1 Å². The number of hydrogen-bond acceptors (Lipinski definition) is 2. The van der Waals surface area contributed by atoms with Gasteiger partial charge in [0.05, 0.1) is 11.1 Å². The minimum absolute atomic E-state index is 0.0260. The number of anilines is 1. The van der Waals surface area contributed by atoms with Gasteiger partial charge in [0.1, 0.15) is 5.82 Å². The molecule has 0 fully saturated rings. The van der Waals surface area contributed by atoms with E-state index in [9.17, 15) is 18.0 Å². The van der Waals surface area contributed by atoms with E-state index in [0.717, 1.165) is 0 Å². The molecule has 0 atom stereocenters. The lowest BCUT2D eigenvalue weighted by molar-refractivity contribution is -0.123. The van der Waals surface area contributed by atoms with Gasteiger partial charge in [-0.05, 0) is 13.8 Å². The molecule has 1 amide bonds. The summed E-state index contributed by atoms with van der Waals surface area (Å²) in [5, 5.41) is 2.11. The zero-order valence-corrected chi connectivity index (χ0v) is 9.48. The second-order valence-corrected chi connectivity index (χ2v) is 4.29. The molecule has 0 bridgehead atoms. The first-order valence-electron chi connectivity index (χ1n) is 4.94. The van der Waals surface area contributed by atoms with Crippen LogP contribution in [0.2, 0.25) is 0 Å². The van der Waals surface area contributed by atoms with Gasteiger partial charge in [0.15, 0.2) is 11.6 Å². The summed E-state index contributed by atoms with van der Waals surface area (Å²) in [6, 6.07) is 1.11. The molecule has 6 heteroatoms. The SMILES string of the molecule is CC(C)(CN)C(=O)Nc1cc(F)cc(F)c1F. The number of rotatable bonds is 3. The van der Waals surface area contributed by atoms with Gasteiger partial charge in [-0.15, -0.1) is 0 Å². The highest BCUT2D eigenvalue weighted by Crippen LogP contribution is 2.22. The van der Waals surface area contributed by atoms with E-state index in [-0.39, 0.29) is 6.54 Å². The molecule has 0 aliphatic heterocycles. The van der Waals surface area contributed by atoms with Crippen LogP contribution < -0.4 is 11.1 Å². The maximum atomic E-state index is 13.2. The Morgan fingerprint density at radius 1 is 1.35 bits per heavy atom. The minimum atomic E-state index is -1.36. The first kappa shape index (κ1) is 13.5. The number of carbonyl (C=O) groups is 1. The number of hydrogen-bond donors (Lipinski definition) is 2. The molecule has 17 heavy (non-hydrogen) atoms. The standard InChI is InChI=1S/C11H13F3N2O/c1-11(2,5-15)10(17)16-8-4-6(12)3-7(13)9(8)14/h3-4H,5,15H2,1-2H3,(H,16,17). The van der Waals surface area contributed by atoms with Crippen LogP contribution in [-0.2, 0) is 4.79 Å². The average Bonchev–Trinajstić information content (AvgIpc) is 2.25. The van der Waals surface area contributed by atoms with Crippen LogP contribution in [0.25, 0.3) is 0 Å². The van der Waals surface area contributed by atoms with Gasteiger partial charge in [0.25, 0.3) is 0 Å². The van der Waals surface area contributed by atoms with Crippen molar-refractivity contribution in [1.82, 2.24) is 0 Å². The molecule has 94 valence electrons. The van der Waals surface area contributed by atoms with Gasteiger partial charge in [-0.1, -0.05) is 0 Å². The first-order chi connectivity index (χ1) is 7.77. The number of benzene rings is 1. The lowest BCUT2D eigenvalue weighted by Gasteiger charge is -2.21. The van der Waals surface area contributed by atoms with Gasteiger partial charge in [-0.25, -0.2) is 13.2 Å². The second-order valence-electron chi connectivity index (χ2n) is 4.29. The number of carbonyl (C=O) groups excluding carboxylic acids is 1. The summed E-state index contributed by atoms with van der Waals surface area (Å²) in [5.41, 5.74) is 3.87. The quantitative estimate of drug-likeness (QED) is 0.802. The molecule has 0 saturated carbocycles. The number of nitrogens with two attached hydrogens (primary N) is 1. The van der Waals surface area contributed by atoms with Crippen LogP contribution >= 0.6 is 0 Å². The molecule has 3 nitrogen and oxygen atoms in total. The van der Waals surface area contributed by atoms with Crippen molar-refractivity contribution in [3.05, 3.63) is 29.6 Å². The average molecular weight is 246 g/mol. The Hall–Kier alpha value is -1.56. The summed E-state index contributed by atoms with van der Waals surface area (Å²) < 4.78 is 39.0. The van der Waals surface area contributed by atoms with Gasteiger partial charge in [-0.3, -0.25) is 4.79 Å². The predicted molar refractivity (Wildman–Crippen MR) is 57.8 cm³/mol. The molecule has 0 saturated heterocycles. The van der Waals surface area contributed by atoms with E-state index >= 15 is 0 Å². The molecule has 3 N–H and O–H groups in total. The Balaban J connectivity index is 3.00. The molecule has 0 aliphatic carbocycles. The third-order valence-electron chi connectivity index (χ3n) is 2.37. The van der Waals surface area contributed by atoms with Gasteiger partial charge in [-0.2, -0.15) is 0 Å². The van der Waals surface area contributed by atoms with Crippen molar-refractivity contribution in [2.75, 3.05) is 11.9 Å². The van der Waals surface area contributed by atoms with E-state index in [1.807, 2.05) is 0 Å². The van der Waals surface area contributed by atoms with Crippen LogP contribution in [0.4, 0.5) is 18.9 Å². The Labute approximate surface area is 96.8 Å². The minimum Gasteiger partial charge on any atom is -0.329 e. The highest BCUT2D eigenvalue weighted by Gasteiger charge is 2.27. The smallest absolute Gasteiger partial charge is 0.231 e. The first-order valence-corrected chi connectivity index (χ1v) is 4.94. The lowest BCUT2D eigenvalue weighted by Crippen LogP contribution is -2.37. The van der Waals surface area contributed by atoms with Gasteiger partial charge < -0.3 is 11.1 Å². The molecule has 0 aromatic heterocycles. The summed E-state index contributed by atoms with van der Waals surface area (Å²) in [5.74, 6) is -4.23. The number of halogens is 3. The van der Waals surface area contributed by atoms with Crippen LogP contribution in [0, 0.1) is 22.9 Å². The molecular weight excluding hydrogens is 233 g/mol. The number of amides is 1. The molecule has 0 spiro atoms. The molecule has 0 unspecified atom stereocenters. The molecule has 1 rings (SSSR count). The maximum absolute atomic E-state index is 13.2. The monoisotopic (exact) mass is 246 g/mol. The van der Waals surface area contributed by atoms with Crippen molar-refractivity contribution in [1.29, 1.82) is 0 Å². The number of nitrogens with one attached hydrogen (secondary N) is 1. The van der Waals surface area contributed by atoms with E-state index in [0.29, 0.717) is 12.1 Å². The van der Waals surface area contributed by atoms with Crippen molar-refractivity contribution < 1.29 is 18.0 Å². The summed E-state index contributed by atoms with van der Waals surface area (Å²) in [4.78, 5) is 11.6. The Bertz CT molecular complexity index is 447. The fourth-order valence-corrected chi connectivity index (χ4v) is 1.03. The van der Waals surface area contributed by atoms with E-state index in [1.165, 1.54) is 13.8 Å². The Morgan fingerprint density at radius 2 is 1.94 bits per heavy atom. The van der Waals surface area contributed by atoms with Crippen molar-refractivity contribution >= 4 is 11.6 Å². The zero-order valence-electron chi connectivity index (χ0n) is 9.48. The van der Waals surface area contributed by atoms with Gasteiger partial charge in [0, 0.05) is 18.7 Å². The van der Waals surface area contributed by atoms with Gasteiger partial charge in [0.2, 0.25) is 5.91 Å². The molecule has 0 radical (unpaired) electrons. The van der Waals surface area contributed by atoms with Crippen molar-refractivity contribution in [3.8, 4) is 0 Å². The summed E-state index contributed by atoms with van der Waals surface area (Å²) in [7, 11) is 0. The summed E-state index contributed by atoms with van der Waals surface area (Å²) in [6.07, 6.45) is 0. The van der Waals surface area contributed by atoms with Crippen LogP contribution in [0.1, 0.15) is 13.8 Å². The summed E-state index contributed by atoms with van der Waals surface area (Å²) >= 11 is 0. The molecular formula is C11H13F3N2O. The molecule has 0 aliphatic rings. The van der Waals surface area contributed by atoms with Crippen LogP contribution in [0.3, 0.4) is 0 Å². The third kappa shape index (κ3) is 2.97. The van der Waals surface area contributed by atoms with E-state index in [1.54, 1.807) is 0 Å². The largest absolute Gasteiger partial charge is 0.329 e. The lowest BCUT2D eigenvalue weighted by atomic mass is 9.92. The second kappa shape index (κ2) is 4.75. The highest BCUT2D eigenvalue weighted by molar-refractivity contribution is 5.95. The van der Waals surface area contributed by atoms with E-state index in [4.69, 9.17) is 5.73 Å². The van der Waals surface area contributed by atoms with Crippen LogP contribution in [-0.4, -0.2) is 12.5 Å². The maximum Gasteiger partial charge on any atom is 0.231 e. The fourth-order valence-electron chi connectivity index (χ4n) is 1.03. The van der Waals surface area contributed by atoms with Crippen molar-refractivity contribution in [2.24, 2.45) is 11.1 Å². The predicted octanol–water partition coefficient (Wildman–Crippen LogP) is 2.03. The zero-order chi connectivity index (χ0) is 13.2. The molecule has 1 aromatic rings. The summed E-state index contributed by atoms with van der Waals surface area (Å²) in [6.45, 7) is 3.10. The van der Waals surface area contributed by atoms with Crippen molar-refractivity contribution in [2.45, 2.75) is 13.8 Å². The van der Waals surface area contributed by atoms with E-state index < -0.39 is 34.5 Å². The molecule has 0 heterocycles. The third-order valence-corrected chi connectivity index (χ3v) is 2.37. The van der Waals surface area contributed by atoms with Crippen LogP contribution in [0.5, 0.6) is 0 Å². The fraction of sp³-hybridized carbons (Fsp3) is 0.364. The van der Waals surface area contributed by atoms with Crippen molar-refractivity contribution in [3.63, 3.8) is 0 Å². The Morgan fingerprint density at radius 3 is 2.47 bits per heavy atom. The Kier molecular flexibility index (Phi) is 3.77. The normalized spacial score (nSPS) is 11.4. The highest BCUT2D eigenvalue weighted by atomic mass is 19.2. The van der Waals surface area contributed by atoms with Gasteiger partial charge >= 0.3 is 0 Å².